The first kappa shape index (κ1) is 9.99. The molecular weight excluding hydrogens is 215 g/mol. The van der Waals surface area contributed by atoms with Crippen molar-refractivity contribution in [3.05, 3.63) is 20.6 Å². The smallest absolute Gasteiger partial charge is 0.185 e. The van der Waals surface area contributed by atoms with Gasteiger partial charge in [0.1, 0.15) is 5.15 Å². The van der Waals surface area contributed by atoms with Crippen LogP contribution < -0.4 is 5.32 Å². The zero-order valence-electron chi connectivity index (χ0n) is 6.47. The highest BCUT2D eigenvalue weighted by Crippen LogP contribution is 2.27. The van der Waals surface area contributed by atoms with Gasteiger partial charge in [0, 0.05) is 6.54 Å². The van der Waals surface area contributed by atoms with Crippen LogP contribution in [0.15, 0.2) is 6.08 Å². The first-order valence-corrected chi connectivity index (χ1v) is 4.94. The highest BCUT2D eigenvalue weighted by atomic mass is 35.5. The van der Waals surface area contributed by atoms with E-state index < -0.39 is 0 Å². The Morgan fingerprint density at radius 2 is 2.33 bits per heavy atom. The third-order valence-electron chi connectivity index (χ3n) is 1.17. The van der Waals surface area contributed by atoms with Gasteiger partial charge in [-0.25, -0.2) is 4.98 Å². The summed E-state index contributed by atoms with van der Waals surface area (Å²) >= 11 is 12.8. The Morgan fingerprint density at radius 1 is 1.58 bits per heavy atom. The predicted molar refractivity (Wildman–Crippen MR) is 55.1 cm³/mol. The second-order valence-corrected chi connectivity index (χ2v) is 4.05. The molecule has 2 nitrogen and oxygen atoms in total. The van der Waals surface area contributed by atoms with Crippen LogP contribution in [0, 0.1) is 0 Å². The van der Waals surface area contributed by atoms with Crippen LogP contribution in [0.5, 0.6) is 0 Å². The van der Waals surface area contributed by atoms with Crippen LogP contribution in [-0.2, 0) is 0 Å². The average molecular weight is 223 g/mol. The van der Waals surface area contributed by atoms with Gasteiger partial charge < -0.3 is 5.32 Å². The number of likely N-dealkylation sites (N-methyl/N-ethyl adjacent to an activating group) is 1. The SMILES string of the molecule is CNCC=Cc1sc(Cl)nc1Cl. The minimum absolute atomic E-state index is 0.470. The zero-order valence-corrected chi connectivity index (χ0v) is 8.80. The van der Waals surface area contributed by atoms with Gasteiger partial charge >= 0.3 is 0 Å². The number of hydrogen-bond donors (Lipinski definition) is 1. The number of thiazole rings is 1. The van der Waals surface area contributed by atoms with Gasteiger partial charge in [-0.1, -0.05) is 29.3 Å². The summed E-state index contributed by atoms with van der Waals surface area (Å²) in [5.74, 6) is 0. The van der Waals surface area contributed by atoms with Crippen molar-refractivity contribution in [3.63, 3.8) is 0 Å². The fourth-order valence-electron chi connectivity index (χ4n) is 0.675. The molecule has 0 atom stereocenters. The van der Waals surface area contributed by atoms with Gasteiger partial charge in [-0.15, -0.1) is 11.3 Å². The minimum Gasteiger partial charge on any atom is -0.316 e. The van der Waals surface area contributed by atoms with E-state index in [9.17, 15) is 0 Å². The molecule has 0 aliphatic heterocycles. The Labute approximate surface area is 85.2 Å². The third kappa shape index (κ3) is 2.75. The maximum Gasteiger partial charge on any atom is 0.185 e. The largest absolute Gasteiger partial charge is 0.316 e. The Morgan fingerprint density at radius 3 is 2.83 bits per heavy atom. The van der Waals surface area contributed by atoms with Gasteiger partial charge in [-0.3, -0.25) is 0 Å². The summed E-state index contributed by atoms with van der Waals surface area (Å²) in [4.78, 5) is 4.77. The summed E-state index contributed by atoms with van der Waals surface area (Å²) in [6, 6.07) is 0. The van der Waals surface area contributed by atoms with Gasteiger partial charge in [0.15, 0.2) is 4.47 Å². The van der Waals surface area contributed by atoms with E-state index in [0.717, 1.165) is 11.4 Å². The number of nitrogens with one attached hydrogen (secondary N) is 1. The average Bonchev–Trinajstić information content (AvgIpc) is 2.31. The van der Waals surface area contributed by atoms with Crippen molar-refractivity contribution in [2.75, 3.05) is 13.6 Å². The molecule has 0 saturated heterocycles. The molecule has 1 aromatic rings. The highest BCUT2D eigenvalue weighted by Gasteiger charge is 2.02. The van der Waals surface area contributed by atoms with Crippen molar-refractivity contribution in [2.45, 2.75) is 0 Å². The number of nitrogens with zero attached hydrogens (tertiary/aromatic N) is 1. The van der Waals surface area contributed by atoms with E-state index in [1.165, 1.54) is 11.3 Å². The molecule has 1 rings (SSSR count). The predicted octanol–water partition coefficient (Wildman–Crippen LogP) is 2.68. The highest BCUT2D eigenvalue weighted by molar-refractivity contribution is 7.17. The first-order valence-electron chi connectivity index (χ1n) is 3.37. The van der Waals surface area contributed by atoms with Gasteiger partial charge in [-0.2, -0.15) is 0 Å². The number of halogens is 2. The topological polar surface area (TPSA) is 24.9 Å². The van der Waals surface area contributed by atoms with Gasteiger partial charge in [0.05, 0.1) is 4.88 Å². The van der Waals surface area contributed by atoms with E-state index in [2.05, 4.69) is 10.3 Å². The van der Waals surface area contributed by atoms with E-state index in [4.69, 9.17) is 23.2 Å². The van der Waals surface area contributed by atoms with E-state index in [1.807, 2.05) is 19.2 Å². The lowest BCUT2D eigenvalue weighted by Gasteiger charge is -1.87. The van der Waals surface area contributed by atoms with Crippen molar-refractivity contribution < 1.29 is 0 Å². The third-order valence-corrected chi connectivity index (χ3v) is 2.70. The van der Waals surface area contributed by atoms with E-state index in [0.29, 0.717) is 9.62 Å². The molecule has 5 heteroatoms. The minimum atomic E-state index is 0.470. The van der Waals surface area contributed by atoms with Crippen LogP contribution >= 0.6 is 34.5 Å². The van der Waals surface area contributed by atoms with Crippen LogP contribution in [0.3, 0.4) is 0 Å². The lowest BCUT2D eigenvalue weighted by Crippen LogP contribution is -2.03. The molecule has 0 aliphatic rings. The number of aromatic nitrogens is 1. The van der Waals surface area contributed by atoms with Crippen LogP contribution in [0.2, 0.25) is 9.62 Å². The van der Waals surface area contributed by atoms with Crippen molar-refractivity contribution in [1.29, 1.82) is 0 Å². The summed E-state index contributed by atoms with van der Waals surface area (Å²) in [5, 5.41) is 3.46. The lowest BCUT2D eigenvalue weighted by molar-refractivity contribution is 0.922. The Balaban J connectivity index is 2.68. The van der Waals surface area contributed by atoms with Crippen LogP contribution in [0.25, 0.3) is 6.08 Å². The normalized spacial score (nSPS) is 11.2. The quantitative estimate of drug-likeness (QED) is 0.852. The van der Waals surface area contributed by atoms with Crippen molar-refractivity contribution in [1.82, 2.24) is 10.3 Å². The molecule has 0 spiro atoms. The fraction of sp³-hybridized carbons (Fsp3) is 0.286. The first-order chi connectivity index (χ1) is 5.74. The van der Waals surface area contributed by atoms with Gasteiger partial charge in [0.2, 0.25) is 0 Å². The van der Waals surface area contributed by atoms with Crippen LogP contribution in [0.4, 0.5) is 0 Å². The summed E-state index contributed by atoms with van der Waals surface area (Å²) in [7, 11) is 1.88. The molecule has 0 aliphatic carbocycles. The Hall–Kier alpha value is -0.0900. The second kappa shape index (κ2) is 4.82. The molecule has 66 valence electrons. The van der Waals surface area contributed by atoms with E-state index in [1.54, 1.807) is 0 Å². The maximum absolute atomic E-state index is 5.77. The van der Waals surface area contributed by atoms with Crippen LogP contribution in [0.1, 0.15) is 4.88 Å². The molecule has 1 aromatic heterocycles. The summed E-state index contributed by atoms with van der Waals surface area (Å²) in [6.45, 7) is 0.811. The molecule has 0 bridgehead atoms. The summed E-state index contributed by atoms with van der Waals surface area (Å²) < 4.78 is 0.476. The molecule has 1 heterocycles. The molecule has 1 N–H and O–H groups in total. The maximum atomic E-state index is 5.77. The summed E-state index contributed by atoms with van der Waals surface area (Å²) in [6.07, 6.45) is 3.87. The summed E-state index contributed by atoms with van der Waals surface area (Å²) in [5.41, 5.74) is 0. The van der Waals surface area contributed by atoms with Crippen molar-refractivity contribution in [2.24, 2.45) is 0 Å². The molecule has 0 aromatic carbocycles. The van der Waals surface area contributed by atoms with Crippen LogP contribution in [-0.4, -0.2) is 18.6 Å². The van der Waals surface area contributed by atoms with E-state index in [-0.39, 0.29) is 0 Å². The zero-order chi connectivity index (χ0) is 8.97. The van der Waals surface area contributed by atoms with E-state index >= 15 is 0 Å². The Bertz CT molecular complexity index is 283. The molecular formula is C7H8Cl2N2S. The molecule has 0 amide bonds. The lowest BCUT2D eigenvalue weighted by atomic mass is 10.4. The van der Waals surface area contributed by atoms with Gasteiger partial charge in [0.25, 0.3) is 0 Å². The Kier molecular flexibility index (Phi) is 4.01. The standard InChI is InChI=1S/C7H8Cl2N2S/c1-10-4-2-3-5-6(8)11-7(9)12-5/h2-3,10H,4H2,1H3. The molecule has 0 fully saturated rings. The van der Waals surface area contributed by atoms with Crippen molar-refractivity contribution >= 4 is 40.6 Å². The number of hydrogen-bond acceptors (Lipinski definition) is 3. The van der Waals surface area contributed by atoms with Crippen molar-refractivity contribution in [3.8, 4) is 0 Å². The van der Waals surface area contributed by atoms with Gasteiger partial charge in [-0.05, 0) is 13.1 Å². The molecule has 12 heavy (non-hydrogen) atoms. The molecule has 0 saturated carbocycles. The fourth-order valence-corrected chi connectivity index (χ4v) is 1.98. The molecule has 0 radical (unpaired) electrons. The number of rotatable bonds is 3. The monoisotopic (exact) mass is 222 g/mol. The second-order valence-electron chi connectivity index (χ2n) is 2.08. The molecule has 0 unspecified atom stereocenters.